The van der Waals surface area contributed by atoms with E-state index < -0.39 is 23.9 Å². The molecule has 0 rings (SSSR count). The Morgan fingerprint density at radius 1 is 1.00 bits per heavy atom. The van der Waals surface area contributed by atoms with Crippen LogP contribution in [0.4, 0.5) is 9.59 Å². The largest absolute Gasteiger partial charge is 0.516 e. The molecule has 0 bridgehead atoms. The highest BCUT2D eigenvalue weighted by Crippen LogP contribution is 2.32. The van der Waals surface area contributed by atoms with Gasteiger partial charge < -0.3 is 24.5 Å². The van der Waals surface area contributed by atoms with Gasteiger partial charge in [-0.05, 0) is 19.3 Å². The van der Waals surface area contributed by atoms with E-state index in [2.05, 4.69) is 9.47 Å². The highest BCUT2D eigenvalue weighted by molar-refractivity contribution is 5.57. The molecule has 1 atom stereocenters. The third-order valence-corrected chi connectivity index (χ3v) is 1.90. The maximum atomic E-state index is 10.7. The molecule has 8 heteroatoms. The molecule has 0 aliphatic heterocycles. The van der Waals surface area contributed by atoms with Gasteiger partial charge in [0.2, 0.25) is 5.79 Å². The van der Waals surface area contributed by atoms with Crippen molar-refractivity contribution < 1.29 is 39.1 Å². The zero-order chi connectivity index (χ0) is 16.2. The van der Waals surface area contributed by atoms with Gasteiger partial charge in [-0.15, -0.1) is 0 Å². The summed E-state index contributed by atoms with van der Waals surface area (Å²) in [5.41, 5.74) is -0.326. The molecule has 0 saturated heterocycles. The van der Waals surface area contributed by atoms with Crippen LogP contribution in [0.2, 0.25) is 0 Å². The van der Waals surface area contributed by atoms with Crippen LogP contribution in [0.25, 0.3) is 0 Å². The molecule has 0 radical (unpaired) electrons. The molecule has 1 unspecified atom stereocenters. The van der Waals surface area contributed by atoms with Crippen molar-refractivity contribution in [2.75, 3.05) is 0 Å². The molecule has 0 aromatic carbocycles. The van der Waals surface area contributed by atoms with E-state index in [9.17, 15) is 14.7 Å². The van der Waals surface area contributed by atoms with Crippen molar-refractivity contribution in [3.05, 3.63) is 0 Å². The fourth-order valence-electron chi connectivity index (χ4n) is 1.64. The van der Waals surface area contributed by atoms with Crippen LogP contribution in [0.1, 0.15) is 48.0 Å². The molecule has 0 aliphatic carbocycles. The van der Waals surface area contributed by atoms with Gasteiger partial charge in [0.05, 0.1) is 0 Å². The zero-order valence-corrected chi connectivity index (χ0v) is 12.5. The Labute approximate surface area is 117 Å². The Hall–Kier alpha value is -1.54. The highest BCUT2D eigenvalue weighted by atomic mass is 17.3. The average Bonchev–Trinajstić information content (AvgIpc) is 2.08. The topological polar surface area (TPSA) is 114 Å². The van der Waals surface area contributed by atoms with Gasteiger partial charge in [-0.1, -0.05) is 20.8 Å². The molecule has 0 amide bonds. The smallest absolute Gasteiger partial charge is 0.508 e. The number of hydrogen-bond acceptors (Lipinski definition) is 7. The number of ether oxygens (including phenoxy) is 2. The molecule has 8 nitrogen and oxygen atoms in total. The molecule has 0 heterocycles. The van der Waals surface area contributed by atoms with Gasteiger partial charge in [0, 0.05) is 13.3 Å². The van der Waals surface area contributed by atoms with Crippen LogP contribution >= 0.6 is 0 Å². The predicted octanol–water partition coefficient (Wildman–Crippen LogP) is 1.88. The van der Waals surface area contributed by atoms with Crippen LogP contribution in [0.15, 0.2) is 0 Å². The second-order valence-electron chi connectivity index (χ2n) is 6.16. The van der Waals surface area contributed by atoms with E-state index in [-0.39, 0.29) is 11.8 Å². The molecule has 0 fully saturated rings. The van der Waals surface area contributed by atoms with Crippen LogP contribution in [-0.4, -0.2) is 29.0 Å². The van der Waals surface area contributed by atoms with Crippen molar-refractivity contribution in [3.8, 4) is 0 Å². The van der Waals surface area contributed by atoms with Crippen molar-refractivity contribution in [3.63, 3.8) is 0 Å². The fraction of sp³-hybridized carbons (Fsp3) is 0.833. The van der Waals surface area contributed by atoms with Crippen LogP contribution in [0.3, 0.4) is 0 Å². The molecule has 0 aromatic rings. The van der Waals surface area contributed by atoms with E-state index in [0.29, 0.717) is 0 Å². The third-order valence-electron chi connectivity index (χ3n) is 1.90. The summed E-state index contributed by atoms with van der Waals surface area (Å²) in [5.74, 6) is -3.28. The van der Waals surface area contributed by atoms with Gasteiger partial charge in [-0.2, -0.15) is 4.89 Å². The molecule has 118 valence electrons. The summed E-state index contributed by atoms with van der Waals surface area (Å²) in [4.78, 5) is 30.8. The number of carbonyl (C=O) groups excluding carboxylic acids is 1. The molecular formula is C12H21O8-. The molecule has 20 heavy (non-hydrogen) atoms. The van der Waals surface area contributed by atoms with Crippen LogP contribution in [-0.2, 0) is 19.2 Å². The first-order chi connectivity index (χ1) is 8.75. The third kappa shape index (κ3) is 8.54. The zero-order valence-electron chi connectivity index (χ0n) is 12.5. The number of carboxylic acid groups (broad SMARTS) is 2. The lowest BCUT2D eigenvalue weighted by molar-refractivity contribution is -0.490. The van der Waals surface area contributed by atoms with E-state index in [0.717, 1.165) is 0 Å². The lowest BCUT2D eigenvalue weighted by Crippen LogP contribution is -2.43. The normalized spacial score (nSPS) is 15.3. The van der Waals surface area contributed by atoms with Crippen LogP contribution in [0, 0.1) is 5.41 Å². The minimum absolute atomic E-state index is 0.174. The maximum absolute atomic E-state index is 10.7. The number of carbonyl (C=O) groups is 2. The summed E-state index contributed by atoms with van der Waals surface area (Å²) in [6.45, 7) is 9.44. The van der Waals surface area contributed by atoms with Gasteiger partial charge in [-0.3, -0.25) is 0 Å². The van der Waals surface area contributed by atoms with E-state index in [1.807, 2.05) is 20.8 Å². The molecule has 0 saturated carbocycles. The fourth-order valence-corrected chi connectivity index (χ4v) is 1.64. The molecule has 0 spiro atoms. The van der Waals surface area contributed by atoms with Crippen LogP contribution in [0.5, 0.6) is 0 Å². The Kier molecular flexibility index (Phi) is 5.79. The van der Waals surface area contributed by atoms with Crippen molar-refractivity contribution in [1.29, 1.82) is 0 Å². The molecular weight excluding hydrogens is 272 g/mol. The van der Waals surface area contributed by atoms with Crippen molar-refractivity contribution in [2.45, 2.75) is 59.5 Å². The highest BCUT2D eigenvalue weighted by Gasteiger charge is 2.38. The second kappa shape index (κ2) is 6.27. The van der Waals surface area contributed by atoms with Gasteiger partial charge in [0.1, 0.15) is 0 Å². The summed E-state index contributed by atoms with van der Waals surface area (Å²) in [6, 6.07) is 0. The summed E-state index contributed by atoms with van der Waals surface area (Å²) in [5, 5.41) is 19.1. The number of hydrogen-bond donors (Lipinski definition) is 1. The quantitative estimate of drug-likeness (QED) is 0.341. The first-order valence-corrected chi connectivity index (χ1v) is 5.93. The molecule has 1 N–H and O–H groups in total. The van der Waals surface area contributed by atoms with E-state index in [4.69, 9.17) is 14.9 Å². The van der Waals surface area contributed by atoms with Gasteiger partial charge in [0.15, 0.2) is 5.79 Å². The Balaban J connectivity index is 4.82. The minimum Gasteiger partial charge on any atom is -0.516 e. The van der Waals surface area contributed by atoms with E-state index in [1.165, 1.54) is 20.8 Å². The predicted molar refractivity (Wildman–Crippen MR) is 64.3 cm³/mol. The lowest BCUT2D eigenvalue weighted by Gasteiger charge is -2.36. The molecule has 0 aromatic heterocycles. The van der Waals surface area contributed by atoms with Crippen LogP contribution < -0.4 is 5.11 Å². The average molecular weight is 293 g/mol. The SMILES string of the molecule is CC(C)(C)CC(C)(OOC(C)(C)OC(=O)[O-])OC(=O)O. The first kappa shape index (κ1) is 18.5. The molecule has 0 aliphatic rings. The maximum Gasteiger partial charge on any atom is 0.508 e. The van der Waals surface area contributed by atoms with E-state index >= 15 is 0 Å². The lowest BCUT2D eigenvalue weighted by atomic mass is 9.88. The van der Waals surface area contributed by atoms with Gasteiger partial charge >= 0.3 is 6.16 Å². The first-order valence-electron chi connectivity index (χ1n) is 5.93. The van der Waals surface area contributed by atoms with Crippen molar-refractivity contribution >= 4 is 12.3 Å². The standard InChI is InChI=1S/C12H22O8/c1-10(2,3)7-12(6,18-9(15)16)20-19-11(4,5)17-8(13)14/h7H2,1-6H3,(H,13,14)(H,15,16)/p-1. The van der Waals surface area contributed by atoms with E-state index in [1.54, 1.807) is 0 Å². The van der Waals surface area contributed by atoms with Crippen molar-refractivity contribution in [2.24, 2.45) is 5.41 Å². The van der Waals surface area contributed by atoms with Crippen molar-refractivity contribution in [1.82, 2.24) is 0 Å². The number of rotatable bonds is 6. The second-order valence-corrected chi connectivity index (χ2v) is 6.16. The Morgan fingerprint density at radius 3 is 1.85 bits per heavy atom. The Morgan fingerprint density at radius 2 is 1.50 bits per heavy atom. The summed E-state index contributed by atoms with van der Waals surface area (Å²) in [6.07, 6.45) is -3.16. The summed E-state index contributed by atoms with van der Waals surface area (Å²) < 4.78 is 8.99. The van der Waals surface area contributed by atoms with Gasteiger partial charge in [-0.25, -0.2) is 9.68 Å². The Bertz CT molecular complexity index is 357. The van der Waals surface area contributed by atoms with Gasteiger partial charge in [0.25, 0.3) is 6.16 Å². The monoisotopic (exact) mass is 293 g/mol. The summed E-state index contributed by atoms with van der Waals surface area (Å²) >= 11 is 0. The minimum atomic E-state index is -1.80. The summed E-state index contributed by atoms with van der Waals surface area (Å²) in [7, 11) is 0.